The van der Waals surface area contributed by atoms with Crippen LogP contribution in [0.3, 0.4) is 0 Å². The minimum absolute atomic E-state index is 0.209. The quantitative estimate of drug-likeness (QED) is 0.715. The van der Waals surface area contributed by atoms with Crippen LogP contribution in [0.1, 0.15) is 38.2 Å². The lowest BCUT2D eigenvalue weighted by molar-refractivity contribution is -0.123. The van der Waals surface area contributed by atoms with Crippen molar-refractivity contribution in [2.24, 2.45) is 11.8 Å². The Morgan fingerprint density at radius 2 is 1.86 bits per heavy atom. The van der Waals surface area contributed by atoms with Crippen molar-refractivity contribution in [2.45, 2.75) is 45.2 Å². The summed E-state index contributed by atoms with van der Waals surface area (Å²) in [6, 6.07) is 6.24. The van der Waals surface area contributed by atoms with E-state index in [0.717, 1.165) is 50.6 Å². The van der Waals surface area contributed by atoms with Crippen LogP contribution in [0, 0.1) is 11.8 Å². The van der Waals surface area contributed by atoms with Gasteiger partial charge in [0.05, 0.1) is 14.2 Å². The van der Waals surface area contributed by atoms with Crippen LogP contribution in [0.25, 0.3) is 0 Å². The van der Waals surface area contributed by atoms with Crippen LogP contribution >= 0.6 is 0 Å². The zero-order valence-corrected chi connectivity index (χ0v) is 17.5. The molecule has 2 aliphatic heterocycles. The van der Waals surface area contributed by atoms with Gasteiger partial charge in [0.25, 0.3) is 0 Å². The number of hydrogen-bond acceptors (Lipinski definition) is 5. The van der Waals surface area contributed by atoms with E-state index in [1.807, 2.05) is 6.07 Å². The lowest BCUT2D eigenvalue weighted by Crippen LogP contribution is -2.39. The summed E-state index contributed by atoms with van der Waals surface area (Å²) in [5, 5.41) is 6.66. The van der Waals surface area contributed by atoms with E-state index in [9.17, 15) is 4.79 Å². The Kier molecular flexibility index (Phi) is 7.57. The third-order valence-corrected chi connectivity index (χ3v) is 6.15. The molecule has 6 heteroatoms. The van der Waals surface area contributed by atoms with Gasteiger partial charge in [-0.15, -0.1) is 0 Å². The van der Waals surface area contributed by atoms with Crippen LogP contribution in [0.5, 0.6) is 11.5 Å². The molecule has 6 nitrogen and oxygen atoms in total. The summed E-state index contributed by atoms with van der Waals surface area (Å²) in [5.41, 5.74) is 1.17. The van der Waals surface area contributed by atoms with E-state index in [-0.39, 0.29) is 11.9 Å². The van der Waals surface area contributed by atoms with Gasteiger partial charge in [-0.25, -0.2) is 0 Å². The molecule has 2 aliphatic rings. The standard InChI is InChI=1S/C22H35N3O3/c1-16(18-4-7-23-8-5-18)10-22(26)24-19-6-9-25(15-19)14-17-11-20(27-2)13-21(12-17)28-3/h11-13,16,18-19,23H,4-10,14-15H2,1-3H3,(H,24,26). The molecule has 0 radical (unpaired) electrons. The molecule has 0 aliphatic carbocycles. The van der Waals surface area contributed by atoms with E-state index in [4.69, 9.17) is 9.47 Å². The normalized spacial score (nSPS) is 22.0. The number of rotatable bonds is 8. The highest BCUT2D eigenvalue weighted by Crippen LogP contribution is 2.26. The zero-order valence-electron chi connectivity index (χ0n) is 17.5. The predicted molar refractivity (Wildman–Crippen MR) is 111 cm³/mol. The van der Waals surface area contributed by atoms with Gasteiger partial charge in [-0.2, -0.15) is 0 Å². The van der Waals surface area contributed by atoms with Crippen LogP contribution in [0.4, 0.5) is 0 Å². The van der Waals surface area contributed by atoms with Crippen LogP contribution < -0.4 is 20.1 Å². The topological polar surface area (TPSA) is 62.8 Å². The number of carbonyl (C=O) groups is 1. The second-order valence-corrected chi connectivity index (χ2v) is 8.28. The van der Waals surface area contributed by atoms with Crippen molar-refractivity contribution in [2.75, 3.05) is 40.4 Å². The molecule has 3 rings (SSSR count). The number of nitrogens with zero attached hydrogens (tertiary/aromatic N) is 1. The minimum atomic E-state index is 0.209. The molecule has 2 saturated heterocycles. The fourth-order valence-corrected chi connectivity index (χ4v) is 4.47. The number of carbonyl (C=O) groups excluding carboxylic acids is 1. The Balaban J connectivity index is 1.45. The largest absolute Gasteiger partial charge is 0.497 e. The SMILES string of the molecule is COc1cc(CN2CCC(NC(=O)CC(C)C3CCNCC3)C2)cc(OC)c1. The maximum atomic E-state index is 12.5. The Bertz CT molecular complexity index is 624. The number of methoxy groups -OCH3 is 2. The molecule has 2 heterocycles. The maximum Gasteiger partial charge on any atom is 0.220 e. The van der Waals surface area contributed by atoms with E-state index in [0.29, 0.717) is 18.3 Å². The number of amides is 1. The molecule has 28 heavy (non-hydrogen) atoms. The minimum Gasteiger partial charge on any atom is -0.497 e. The molecule has 0 bridgehead atoms. The lowest BCUT2D eigenvalue weighted by Gasteiger charge is -2.28. The number of benzene rings is 1. The van der Waals surface area contributed by atoms with Gasteiger partial charge in [-0.3, -0.25) is 9.69 Å². The number of piperidine rings is 1. The summed E-state index contributed by atoms with van der Waals surface area (Å²) >= 11 is 0. The Hall–Kier alpha value is -1.79. The molecule has 156 valence electrons. The van der Waals surface area contributed by atoms with Crippen molar-refractivity contribution in [3.05, 3.63) is 23.8 Å². The third kappa shape index (κ3) is 5.85. The maximum absolute atomic E-state index is 12.5. The molecular formula is C22H35N3O3. The Morgan fingerprint density at radius 3 is 2.50 bits per heavy atom. The Morgan fingerprint density at radius 1 is 1.18 bits per heavy atom. The highest BCUT2D eigenvalue weighted by atomic mass is 16.5. The van der Waals surface area contributed by atoms with Gasteiger partial charge in [-0.1, -0.05) is 6.92 Å². The molecule has 1 aromatic carbocycles. The van der Waals surface area contributed by atoms with Crippen molar-refractivity contribution in [3.63, 3.8) is 0 Å². The fraction of sp³-hybridized carbons (Fsp3) is 0.682. The molecule has 1 amide bonds. The molecule has 2 fully saturated rings. The van der Waals surface area contributed by atoms with Crippen molar-refractivity contribution in [1.29, 1.82) is 0 Å². The number of nitrogens with one attached hydrogen (secondary N) is 2. The van der Waals surface area contributed by atoms with Crippen molar-refractivity contribution < 1.29 is 14.3 Å². The first-order valence-corrected chi connectivity index (χ1v) is 10.5. The first-order valence-electron chi connectivity index (χ1n) is 10.5. The average Bonchev–Trinajstić information content (AvgIpc) is 3.14. The second-order valence-electron chi connectivity index (χ2n) is 8.28. The van der Waals surface area contributed by atoms with Crippen LogP contribution in [0.2, 0.25) is 0 Å². The van der Waals surface area contributed by atoms with Crippen LogP contribution in [-0.2, 0) is 11.3 Å². The molecule has 2 unspecified atom stereocenters. The predicted octanol–water partition coefficient (Wildman–Crippen LogP) is 2.42. The summed E-state index contributed by atoms with van der Waals surface area (Å²) in [6.07, 6.45) is 4.04. The second kappa shape index (κ2) is 10.1. The molecule has 0 saturated carbocycles. The number of likely N-dealkylation sites (tertiary alicyclic amines) is 1. The highest BCUT2D eigenvalue weighted by Gasteiger charge is 2.26. The van der Waals surface area contributed by atoms with Crippen LogP contribution in [0.15, 0.2) is 18.2 Å². The highest BCUT2D eigenvalue weighted by molar-refractivity contribution is 5.76. The van der Waals surface area contributed by atoms with Crippen molar-refractivity contribution >= 4 is 5.91 Å². The van der Waals surface area contributed by atoms with E-state index in [1.54, 1.807) is 14.2 Å². The van der Waals surface area contributed by atoms with Gasteiger partial charge < -0.3 is 20.1 Å². The van der Waals surface area contributed by atoms with Gasteiger partial charge in [0, 0.05) is 38.2 Å². The van der Waals surface area contributed by atoms with E-state index >= 15 is 0 Å². The molecule has 1 aromatic rings. The van der Waals surface area contributed by atoms with E-state index in [2.05, 4.69) is 34.6 Å². The van der Waals surface area contributed by atoms with E-state index in [1.165, 1.54) is 18.4 Å². The molecule has 0 aromatic heterocycles. The van der Waals surface area contributed by atoms with E-state index < -0.39 is 0 Å². The first-order chi connectivity index (χ1) is 13.6. The zero-order chi connectivity index (χ0) is 19.9. The summed E-state index contributed by atoms with van der Waals surface area (Å²) in [5.74, 6) is 2.97. The molecular weight excluding hydrogens is 354 g/mol. The van der Waals surface area contributed by atoms with Gasteiger partial charge in [0.15, 0.2) is 0 Å². The van der Waals surface area contributed by atoms with Gasteiger partial charge in [0.2, 0.25) is 5.91 Å². The third-order valence-electron chi connectivity index (χ3n) is 6.15. The van der Waals surface area contributed by atoms with Crippen LogP contribution in [-0.4, -0.2) is 57.2 Å². The number of ether oxygens (including phenoxy) is 2. The van der Waals surface area contributed by atoms with Crippen molar-refractivity contribution in [1.82, 2.24) is 15.5 Å². The smallest absolute Gasteiger partial charge is 0.220 e. The van der Waals surface area contributed by atoms with Gasteiger partial charge >= 0.3 is 0 Å². The lowest BCUT2D eigenvalue weighted by atomic mass is 9.84. The van der Waals surface area contributed by atoms with Crippen molar-refractivity contribution in [3.8, 4) is 11.5 Å². The summed E-state index contributed by atoms with van der Waals surface area (Å²) < 4.78 is 10.7. The van der Waals surface area contributed by atoms with Gasteiger partial charge in [0.1, 0.15) is 11.5 Å². The summed E-state index contributed by atoms with van der Waals surface area (Å²) in [4.78, 5) is 14.9. The summed E-state index contributed by atoms with van der Waals surface area (Å²) in [6.45, 7) is 7.13. The molecule has 0 spiro atoms. The first kappa shape index (κ1) is 20.9. The fourth-order valence-electron chi connectivity index (χ4n) is 4.47. The molecule has 2 N–H and O–H groups in total. The molecule has 2 atom stereocenters. The Labute approximate surface area is 169 Å². The van der Waals surface area contributed by atoms with Gasteiger partial charge in [-0.05, 0) is 61.9 Å². The average molecular weight is 390 g/mol. The monoisotopic (exact) mass is 389 g/mol. The number of hydrogen-bond donors (Lipinski definition) is 2. The summed E-state index contributed by atoms with van der Waals surface area (Å²) in [7, 11) is 3.34.